The lowest BCUT2D eigenvalue weighted by Gasteiger charge is -2.35. The number of halogens is 1. The van der Waals surface area contributed by atoms with E-state index in [0.717, 1.165) is 37.9 Å². The average molecular weight is 596 g/mol. The van der Waals surface area contributed by atoms with Gasteiger partial charge in [0.15, 0.2) is 11.0 Å². The summed E-state index contributed by atoms with van der Waals surface area (Å²) in [6, 6.07) is 23.1. The number of anilines is 1. The van der Waals surface area contributed by atoms with Gasteiger partial charge in [-0.3, -0.25) is 14.1 Å². The van der Waals surface area contributed by atoms with Gasteiger partial charge in [0, 0.05) is 23.8 Å². The minimum atomic E-state index is -3.93. The number of carbonyl (C=O) groups excluding carboxylic acids is 1. The number of hydrogen-bond donors (Lipinski definition) is 1. The molecule has 1 aliphatic heterocycles. The second kappa shape index (κ2) is 12.4. The monoisotopic (exact) mass is 595 g/mol. The highest BCUT2D eigenvalue weighted by atomic mass is 35.5. The van der Waals surface area contributed by atoms with E-state index in [1.165, 1.54) is 17.8 Å². The van der Waals surface area contributed by atoms with Gasteiger partial charge in [0.25, 0.3) is 10.0 Å². The van der Waals surface area contributed by atoms with E-state index in [9.17, 15) is 13.2 Å². The quantitative estimate of drug-likeness (QED) is 0.229. The first-order valence-corrected chi connectivity index (χ1v) is 16.0. The van der Waals surface area contributed by atoms with Crippen molar-refractivity contribution in [2.75, 3.05) is 17.0 Å². The van der Waals surface area contributed by atoms with Crippen molar-refractivity contribution in [3.8, 4) is 17.1 Å². The molecule has 0 saturated carbocycles. The lowest BCUT2D eigenvalue weighted by atomic mass is 10.0. The van der Waals surface area contributed by atoms with Crippen LogP contribution >= 0.6 is 23.4 Å². The van der Waals surface area contributed by atoms with Crippen LogP contribution in [-0.4, -0.2) is 52.3 Å². The van der Waals surface area contributed by atoms with Crippen molar-refractivity contribution >= 4 is 45.0 Å². The first kappa shape index (κ1) is 28.2. The van der Waals surface area contributed by atoms with Gasteiger partial charge >= 0.3 is 0 Å². The Bertz CT molecular complexity index is 1590. The van der Waals surface area contributed by atoms with Crippen LogP contribution in [0.15, 0.2) is 88.9 Å². The molecule has 1 saturated heterocycles. The van der Waals surface area contributed by atoms with Crippen LogP contribution in [-0.2, 0) is 14.8 Å². The highest BCUT2D eigenvalue weighted by Gasteiger charge is 2.26. The maximum atomic E-state index is 13.2. The van der Waals surface area contributed by atoms with Gasteiger partial charge < -0.3 is 4.90 Å². The van der Waals surface area contributed by atoms with Crippen LogP contribution in [0.2, 0.25) is 5.02 Å². The number of nitrogens with zero attached hydrogens (tertiary/aromatic N) is 4. The third-order valence-electron chi connectivity index (χ3n) is 6.91. The fourth-order valence-corrected chi connectivity index (χ4v) is 7.07. The second-order valence-corrected chi connectivity index (χ2v) is 12.6. The lowest BCUT2D eigenvalue weighted by molar-refractivity contribution is -0.132. The van der Waals surface area contributed by atoms with Crippen LogP contribution in [0.1, 0.15) is 32.6 Å². The van der Waals surface area contributed by atoms with E-state index in [0.29, 0.717) is 27.3 Å². The topological polar surface area (TPSA) is 97.2 Å². The zero-order chi connectivity index (χ0) is 28.1. The molecule has 1 aliphatic rings. The Morgan fingerprint density at radius 2 is 1.80 bits per heavy atom. The minimum Gasteiger partial charge on any atom is -0.339 e. The number of likely N-dealkylation sites (tertiary alicyclic amines) is 1. The number of rotatable bonds is 9. The molecule has 0 aliphatic carbocycles. The van der Waals surface area contributed by atoms with Crippen LogP contribution in [0, 0.1) is 0 Å². The smallest absolute Gasteiger partial charge is 0.261 e. The van der Waals surface area contributed by atoms with Crippen molar-refractivity contribution in [1.82, 2.24) is 19.7 Å². The molecule has 2 heterocycles. The van der Waals surface area contributed by atoms with Crippen LogP contribution in [0.3, 0.4) is 0 Å². The summed E-state index contributed by atoms with van der Waals surface area (Å²) >= 11 is 7.51. The minimum absolute atomic E-state index is 0.0626. The standard InChI is InChI=1S/C29H30ClN5O3S2/c1-2-22-12-8-9-18-34(22)27(36)20-39-29-32-31-28(35(29)23-13-4-3-5-14-23)21-11-10-15-24(19-21)40(37,38)33-26-17-7-6-16-25(26)30/h3-7,10-11,13-17,19,22,33H,2,8-9,12,18,20H2,1H3. The number of hydrogen-bond acceptors (Lipinski definition) is 6. The van der Waals surface area contributed by atoms with Gasteiger partial charge in [0.2, 0.25) is 5.91 Å². The molecular formula is C29H30ClN5O3S2. The van der Waals surface area contributed by atoms with E-state index >= 15 is 0 Å². The normalized spacial score (nSPS) is 15.7. The summed E-state index contributed by atoms with van der Waals surface area (Å²) < 4.78 is 30.9. The number of benzene rings is 3. The Morgan fingerprint density at radius 1 is 1.02 bits per heavy atom. The maximum absolute atomic E-state index is 13.2. The largest absolute Gasteiger partial charge is 0.339 e. The Labute approximate surface area is 243 Å². The fraction of sp³-hybridized carbons (Fsp3) is 0.276. The molecule has 1 atom stereocenters. The molecule has 1 aromatic heterocycles. The van der Waals surface area contributed by atoms with Crippen LogP contribution < -0.4 is 4.72 Å². The van der Waals surface area contributed by atoms with Crippen molar-refractivity contribution in [3.63, 3.8) is 0 Å². The molecule has 0 spiro atoms. The van der Waals surface area contributed by atoms with E-state index in [-0.39, 0.29) is 22.6 Å². The van der Waals surface area contributed by atoms with Crippen LogP contribution in [0.4, 0.5) is 5.69 Å². The molecule has 1 amide bonds. The molecule has 0 bridgehead atoms. The predicted molar refractivity (Wildman–Crippen MR) is 159 cm³/mol. The number of thioether (sulfide) groups is 1. The third kappa shape index (κ3) is 6.19. The molecule has 8 nitrogen and oxygen atoms in total. The number of sulfonamides is 1. The first-order valence-electron chi connectivity index (χ1n) is 13.2. The Hall–Kier alpha value is -3.34. The summed E-state index contributed by atoms with van der Waals surface area (Å²) in [6.45, 7) is 2.91. The molecule has 1 fully saturated rings. The zero-order valence-corrected chi connectivity index (χ0v) is 24.4. The SMILES string of the molecule is CCC1CCCCN1C(=O)CSc1nnc(-c2cccc(S(=O)(=O)Nc3ccccc3Cl)c2)n1-c1ccccc1. The molecule has 3 aromatic carbocycles. The summed E-state index contributed by atoms with van der Waals surface area (Å²) in [4.78, 5) is 15.2. The Balaban J connectivity index is 1.45. The van der Waals surface area contributed by atoms with E-state index < -0.39 is 10.0 Å². The number of carbonyl (C=O) groups is 1. The second-order valence-electron chi connectivity index (χ2n) is 9.52. The molecule has 11 heteroatoms. The van der Waals surface area contributed by atoms with Crippen molar-refractivity contribution in [2.24, 2.45) is 0 Å². The molecule has 1 N–H and O–H groups in total. The Morgan fingerprint density at radius 3 is 2.58 bits per heavy atom. The summed E-state index contributed by atoms with van der Waals surface area (Å²) in [5.41, 5.74) is 1.67. The summed E-state index contributed by atoms with van der Waals surface area (Å²) in [7, 11) is -3.93. The van der Waals surface area contributed by atoms with Crippen molar-refractivity contribution in [2.45, 2.75) is 48.7 Å². The molecule has 40 heavy (non-hydrogen) atoms. The highest BCUT2D eigenvalue weighted by molar-refractivity contribution is 7.99. The number of amides is 1. The van der Waals surface area contributed by atoms with Crippen molar-refractivity contribution in [3.05, 3.63) is 83.9 Å². The van der Waals surface area contributed by atoms with E-state index in [4.69, 9.17) is 11.6 Å². The fourth-order valence-electron chi connectivity index (χ4n) is 4.87. The summed E-state index contributed by atoms with van der Waals surface area (Å²) in [5, 5.41) is 9.72. The van der Waals surface area contributed by atoms with Crippen LogP contribution in [0.25, 0.3) is 17.1 Å². The van der Waals surface area contributed by atoms with Gasteiger partial charge in [0.1, 0.15) is 0 Å². The zero-order valence-electron chi connectivity index (χ0n) is 22.0. The van der Waals surface area contributed by atoms with Crippen LogP contribution in [0.5, 0.6) is 0 Å². The number of piperidine rings is 1. The predicted octanol–water partition coefficient (Wildman–Crippen LogP) is 6.27. The van der Waals surface area contributed by atoms with E-state index in [2.05, 4.69) is 21.8 Å². The van der Waals surface area contributed by atoms with Crippen molar-refractivity contribution < 1.29 is 13.2 Å². The van der Waals surface area contributed by atoms with Gasteiger partial charge in [-0.25, -0.2) is 8.42 Å². The van der Waals surface area contributed by atoms with Gasteiger partial charge in [-0.05, 0) is 62.1 Å². The number of nitrogens with one attached hydrogen (secondary N) is 1. The molecule has 1 unspecified atom stereocenters. The summed E-state index contributed by atoms with van der Waals surface area (Å²) in [6.07, 6.45) is 4.18. The molecule has 208 valence electrons. The molecule has 4 aromatic rings. The third-order valence-corrected chi connectivity index (χ3v) is 9.52. The van der Waals surface area contributed by atoms with Gasteiger partial charge in [-0.1, -0.05) is 72.8 Å². The van der Waals surface area contributed by atoms with Gasteiger partial charge in [-0.15, -0.1) is 10.2 Å². The van der Waals surface area contributed by atoms with Crippen molar-refractivity contribution in [1.29, 1.82) is 0 Å². The maximum Gasteiger partial charge on any atom is 0.261 e. The van der Waals surface area contributed by atoms with Gasteiger partial charge in [0.05, 0.1) is 21.4 Å². The number of para-hydroxylation sites is 2. The van der Waals surface area contributed by atoms with Gasteiger partial charge in [-0.2, -0.15) is 0 Å². The summed E-state index contributed by atoms with van der Waals surface area (Å²) in [5.74, 6) is 0.817. The van der Waals surface area contributed by atoms with E-state index in [1.807, 2.05) is 39.8 Å². The lowest BCUT2D eigenvalue weighted by Crippen LogP contribution is -2.44. The average Bonchev–Trinajstić information content (AvgIpc) is 3.41. The molecule has 5 rings (SSSR count). The van der Waals surface area contributed by atoms with E-state index in [1.54, 1.807) is 42.5 Å². The molecular weight excluding hydrogens is 566 g/mol. The number of aromatic nitrogens is 3. The highest BCUT2D eigenvalue weighted by Crippen LogP contribution is 2.31. The Kier molecular flexibility index (Phi) is 8.78. The first-order chi connectivity index (χ1) is 19.4. The molecule has 0 radical (unpaired) electrons.